The van der Waals surface area contributed by atoms with Crippen molar-refractivity contribution in [3.63, 3.8) is 0 Å². The van der Waals surface area contributed by atoms with Crippen molar-refractivity contribution in [3.05, 3.63) is 42.1 Å². The molecule has 1 aliphatic heterocycles. The molecule has 2 heterocycles. The maximum atomic E-state index is 12.9. The number of sulfonamides is 1. The van der Waals surface area contributed by atoms with E-state index in [1.54, 1.807) is 25.1 Å². The number of rotatable bonds is 5. The zero-order chi connectivity index (χ0) is 19.9. The topological polar surface area (TPSA) is 119 Å². The van der Waals surface area contributed by atoms with Gasteiger partial charge in [-0.15, -0.1) is 5.10 Å². The largest absolute Gasteiger partial charge is 0.461 e. The van der Waals surface area contributed by atoms with E-state index in [0.717, 1.165) is 21.2 Å². The lowest BCUT2D eigenvalue weighted by molar-refractivity contribution is -0.114. The molecule has 3 aromatic rings. The molecule has 2 aromatic carbocycles. The number of hydrogen-bond acceptors (Lipinski definition) is 8. The molecule has 1 aromatic heterocycles. The number of carbonyl (C=O) groups is 2. The molecular weight excluding hydrogens is 404 g/mol. The molecule has 0 spiro atoms. The van der Waals surface area contributed by atoms with Crippen LogP contribution in [0.15, 0.2) is 41.3 Å². The second kappa shape index (κ2) is 6.84. The Morgan fingerprint density at radius 1 is 1.21 bits per heavy atom. The summed E-state index contributed by atoms with van der Waals surface area (Å²) in [7, 11) is -3.85. The van der Waals surface area contributed by atoms with E-state index < -0.39 is 28.4 Å². The van der Waals surface area contributed by atoms with E-state index in [4.69, 9.17) is 4.74 Å². The van der Waals surface area contributed by atoms with Crippen LogP contribution in [0.3, 0.4) is 0 Å². The number of ether oxygens (including phenoxy) is 1. The van der Waals surface area contributed by atoms with Gasteiger partial charge in [0, 0.05) is 16.9 Å². The molecule has 4 rings (SSSR count). The van der Waals surface area contributed by atoms with Crippen LogP contribution >= 0.6 is 11.5 Å². The van der Waals surface area contributed by atoms with Crippen LogP contribution in [0.2, 0.25) is 0 Å². The quantitative estimate of drug-likeness (QED) is 0.630. The van der Waals surface area contributed by atoms with Crippen molar-refractivity contribution in [3.8, 4) is 0 Å². The van der Waals surface area contributed by atoms with E-state index in [0.29, 0.717) is 11.1 Å². The molecule has 1 amide bonds. The van der Waals surface area contributed by atoms with Crippen molar-refractivity contribution in [1.82, 2.24) is 9.59 Å². The maximum absolute atomic E-state index is 12.9. The number of carbonyl (C=O) groups excluding carboxylic acids is 2. The normalized spacial score (nSPS) is 14.2. The summed E-state index contributed by atoms with van der Waals surface area (Å²) < 4.78 is 35.4. The van der Waals surface area contributed by atoms with Crippen LogP contribution in [0.5, 0.6) is 0 Å². The first kappa shape index (κ1) is 18.3. The first-order valence-electron chi connectivity index (χ1n) is 8.27. The van der Waals surface area contributed by atoms with Gasteiger partial charge in [-0.1, -0.05) is 28.8 Å². The third-order valence-electron chi connectivity index (χ3n) is 4.18. The lowest BCUT2D eigenvalue weighted by Gasteiger charge is -2.18. The summed E-state index contributed by atoms with van der Waals surface area (Å²) >= 11 is 0.810. The van der Waals surface area contributed by atoms with Crippen LogP contribution in [0.1, 0.15) is 17.4 Å². The zero-order valence-corrected chi connectivity index (χ0v) is 16.2. The molecular formula is C17H14N4O5S2. The van der Waals surface area contributed by atoms with Gasteiger partial charge in [-0.25, -0.2) is 13.2 Å². The number of amides is 1. The summed E-state index contributed by atoms with van der Waals surface area (Å²) in [5.41, 5.74) is 0.325. The predicted molar refractivity (Wildman–Crippen MR) is 103 cm³/mol. The van der Waals surface area contributed by atoms with E-state index in [1.165, 1.54) is 6.07 Å². The third kappa shape index (κ3) is 2.88. The SMILES string of the molecule is CCOC(=O)c1nnsc1NC(=O)CN1c2cccc3cccc(c23)S1(=O)=O. The van der Waals surface area contributed by atoms with Gasteiger partial charge in [0.1, 0.15) is 6.54 Å². The molecule has 1 aliphatic rings. The summed E-state index contributed by atoms with van der Waals surface area (Å²) in [6, 6.07) is 10.2. The molecule has 0 fully saturated rings. The second-order valence-corrected chi connectivity index (χ2v) is 8.45. The number of hydrogen-bond donors (Lipinski definition) is 1. The van der Waals surface area contributed by atoms with Crippen molar-refractivity contribution in [2.45, 2.75) is 11.8 Å². The van der Waals surface area contributed by atoms with Crippen LogP contribution in [-0.4, -0.2) is 43.0 Å². The molecule has 0 saturated heterocycles. The van der Waals surface area contributed by atoms with E-state index >= 15 is 0 Å². The fourth-order valence-corrected chi connectivity index (χ4v) is 5.27. The monoisotopic (exact) mass is 418 g/mol. The van der Waals surface area contributed by atoms with Crippen LogP contribution < -0.4 is 9.62 Å². The highest BCUT2D eigenvalue weighted by Crippen LogP contribution is 2.41. The molecule has 144 valence electrons. The molecule has 0 atom stereocenters. The van der Waals surface area contributed by atoms with E-state index in [1.807, 2.05) is 12.1 Å². The van der Waals surface area contributed by atoms with Gasteiger partial charge in [-0.3, -0.25) is 9.10 Å². The molecule has 0 unspecified atom stereocenters. The minimum atomic E-state index is -3.85. The van der Waals surface area contributed by atoms with E-state index in [2.05, 4.69) is 14.9 Å². The molecule has 0 aliphatic carbocycles. The van der Waals surface area contributed by atoms with Gasteiger partial charge in [0.15, 0.2) is 5.00 Å². The summed E-state index contributed by atoms with van der Waals surface area (Å²) in [5.74, 6) is -1.33. The van der Waals surface area contributed by atoms with Crippen LogP contribution in [0.25, 0.3) is 10.8 Å². The van der Waals surface area contributed by atoms with Crippen molar-refractivity contribution in [2.24, 2.45) is 0 Å². The minimum Gasteiger partial charge on any atom is -0.461 e. The van der Waals surface area contributed by atoms with Gasteiger partial charge in [0.2, 0.25) is 11.6 Å². The van der Waals surface area contributed by atoms with Crippen molar-refractivity contribution >= 4 is 54.9 Å². The van der Waals surface area contributed by atoms with Gasteiger partial charge >= 0.3 is 5.97 Å². The van der Waals surface area contributed by atoms with Gasteiger partial charge in [-0.2, -0.15) is 0 Å². The van der Waals surface area contributed by atoms with E-state index in [9.17, 15) is 18.0 Å². The minimum absolute atomic E-state index is 0.107. The predicted octanol–water partition coefficient (Wildman–Crippen LogP) is 2.02. The molecule has 0 radical (unpaired) electrons. The maximum Gasteiger partial charge on any atom is 0.362 e. The lowest BCUT2D eigenvalue weighted by Crippen LogP contribution is -2.35. The van der Waals surface area contributed by atoms with Gasteiger partial charge < -0.3 is 10.1 Å². The first-order chi connectivity index (χ1) is 13.4. The van der Waals surface area contributed by atoms with Gasteiger partial charge in [-0.05, 0) is 24.4 Å². The Balaban J connectivity index is 1.61. The van der Waals surface area contributed by atoms with Crippen LogP contribution in [-0.2, 0) is 19.6 Å². The van der Waals surface area contributed by atoms with E-state index in [-0.39, 0.29) is 22.2 Å². The molecule has 9 nitrogen and oxygen atoms in total. The Morgan fingerprint density at radius 2 is 1.96 bits per heavy atom. The van der Waals surface area contributed by atoms with Gasteiger partial charge in [0.25, 0.3) is 10.0 Å². The number of aromatic nitrogens is 2. The average Bonchev–Trinajstić information content (AvgIpc) is 3.20. The Hall–Kier alpha value is -3.05. The van der Waals surface area contributed by atoms with Gasteiger partial charge in [0.05, 0.1) is 17.2 Å². The summed E-state index contributed by atoms with van der Waals surface area (Å²) in [6.07, 6.45) is 0. The zero-order valence-electron chi connectivity index (χ0n) is 14.6. The number of benzene rings is 2. The third-order valence-corrected chi connectivity index (χ3v) is 6.62. The Morgan fingerprint density at radius 3 is 2.71 bits per heavy atom. The summed E-state index contributed by atoms with van der Waals surface area (Å²) in [5, 5.41) is 7.63. The second-order valence-electron chi connectivity index (χ2n) is 5.86. The number of nitrogens with zero attached hydrogens (tertiary/aromatic N) is 3. The van der Waals surface area contributed by atoms with Crippen LogP contribution in [0.4, 0.5) is 10.7 Å². The molecule has 0 bridgehead atoms. The highest BCUT2D eigenvalue weighted by Gasteiger charge is 2.36. The van der Waals surface area contributed by atoms with Crippen molar-refractivity contribution in [2.75, 3.05) is 22.8 Å². The summed E-state index contributed by atoms with van der Waals surface area (Å²) in [4.78, 5) is 24.6. The first-order valence-corrected chi connectivity index (χ1v) is 10.5. The fourth-order valence-electron chi connectivity index (χ4n) is 3.03. The smallest absolute Gasteiger partial charge is 0.362 e. The van der Waals surface area contributed by atoms with Crippen LogP contribution in [0, 0.1) is 0 Å². The van der Waals surface area contributed by atoms with Crippen molar-refractivity contribution < 1.29 is 22.7 Å². The Labute approximate surface area is 164 Å². The standard InChI is InChI=1S/C17H14N4O5S2/c1-2-26-17(23)15-16(27-20-19-15)18-13(22)9-21-11-7-3-5-10-6-4-8-12(14(10)11)28(21,24)25/h3-8H,2,9H2,1H3,(H,18,22). The lowest BCUT2D eigenvalue weighted by atomic mass is 10.1. The Kier molecular flexibility index (Phi) is 4.47. The highest BCUT2D eigenvalue weighted by molar-refractivity contribution is 7.93. The Bertz CT molecular complexity index is 1200. The molecule has 0 saturated carbocycles. The number of esters is 1. The van der Waals surface area contributed by atoms with Crippen molar-refractivity contribution in [1.29, 1.82) is 0 Å². The molecule has 11 heteroatoms. The fraction of sp³-hybridized carbons (Fsp3) is 0.176. The number of anilines is 2. The summed E-state index contributed by atoms with van der Waals surface area (Å²) in [6.45, 7) is 1.35. The number of nitrogens with one attached hydrogen (secondary N) is 1. The molecule has 28 heavy (non-hydrogen) atoms. The highest BCUT2D eigenvalue weighted by atomic mass is 32.2. The molecule has 1 N–H and O–H groups in total. The average molecular weight is 418 g/mol.